The minimum Gasteiger partial charge on any atom is -0.388 e. The van der Waals surface area contributed by atoms with Crippen molar-refractivity contribution < 1.29 is 22.7 Å². The largest absolute Gasteiger partial charge is 0.388 e. The van der Waals surface area contributed by atoms with Gasteiger partial charge in [-0.2, -0.15) is 8.42 Å². The maximum atomic E-state index is 13.1. The zero-order valence-corrected chi connectivity index (χ0v) is 10.3. The zero-order valence-electron chi connectivity index (χ0n) is 9.50. The first-order chi connectivity index (χ1) is 8.91. The highest BCUT2D eigenvalue weighted by Crippen LogP contribution is 2.13. The van der Waals surface area contributed by atoms with Gasteiger partial charge in [-0.3, -0.25) is 9.52 Å². The Morgan fingerprint density at radius 1 is 1.42 bits per heavy atom. The van der Waals surface area contributed by atoms with Gasteiger partial charge in [0.05, 0.1) is 11.4 Å². The predicted molar refractivity (Wildman–Crippen MR) is 65.2 cm³/mol. The number of rotatable bonds is 3. The van der Waals surface area contributed by atoms with Gasteiger partial charge in [0.25, 0.3) is 0 Å². The fourth-order valence-corrected chi connectivity index (χ4v) is 2.40. The summed E-state index contributed by atoms with van der Waals surface area (Å²) < 4.78 is 41.3. The molecule has 0 radical (unpaired) electrons. The number of halogens is 1. The molecule has 0 saturated carbocycles. The van der Waals surface area contributed by atoms with Gasteiger partial charge >= 0.3 is 10.2 Å². The molecule has 2 N–H and O–H groups in total. The average Bonchev–Trinajstić information content (AvgIpc) is 2.36. The number of aliphatic hydroxyl groups excluding tert-OH is 1. The molecule has 0 fully saturated rings. The second-order valence-corrected chi connectivity index (χ2v) is 5.04. The lowest BCUT2D eigenvalue weighted by Gasteiger charge is -2.13. The molecule has 1 aromatic rings. The molecule has 19 heavy (non-hydrogen) atoms. The van der Waals surface area contributed by atoms with E-state index in [4.69, 9.17) is 5.11 Å². The Balaban J connectivity index is 2.52. The summed E-state index contributed by atoms with van der Waals surface area (Å²) in [5, 5.41) is 8.73. The highest BCUT2D eigenvalue weighted by atomic mass is 32.2. The Bertz CT molecular complexity index is 694. The average molecular weight is 284 g/mol. The molecule has 0 amide bonds. The van der Waals surface area contributed by atoms with Crippen LogP contribution in [0.25, 0.3) is 0 Å². The topological polar surface area (TPSA) is 95.8 Å². The van der Waals surface area contributed by atoms with E-state index in [0.717, 1.165) is 12.1 Å². The van der Waals surface area contributed by atoms with E-state index in [1.165, 1.54) is 18.2 Å². The van der Waals surface area contributed by atoms with Crippen molar-refractivity contribution in [3.05, 3.63) is 47.4 Å². The van der Waals surface area contributed by atoms with Gasteiger partial charge in [0.15, 0.2) is 0 Å². The van der Waals surface area contributed by atoms with Gasteiger partial charge < -0.3 is 5.11 Å². The summed E-state index contributed by atoms with van der Waals surface area (Å²) in [5.74, 6) is -1.35. The van der Waals surface area contributed by atoms with E-state index in [-0.39, 0.29) is 17.0 Å². The minimum atomic E-state index is -4.08. The van der Waals surface area contributed by atoms with E-state index in [2.05, 4.69) is 4.40 Å². The standard InChI is InChI=1S/C11H9FN2O4S/c12-8-3-1-2-7(4-8)9-5-10(11(16)6-15)14-19(17,18)13-9/h1-5,14-15H,6H2. The van der Waals surface area contributed by atoms with Gasteiger partial charge in [0.1, 0.15) is 12.4 Å². The molecule has 1 aliphatic heterocycles. The number of hydrogen-bond donors (Lipinski definition) is 2. The first-order valence-corrected chi connectivity index (χ1v) is 6.60. The maximum absolute atomic E-state index is 13.1. The van der Waals surface area contributed by atoms with E-state index in [1.54, 1.807) is 0 Å². The molecule has 8 heteroatoms. The van der Waals surface area contributed by atoms with E-state index in [9.17, 15) is 17.6 Å². The SMILES string of the molecule is O=C(CO)C1=CC(c2cccc(F)c2)=NS(=O)(=O)N1. The monoisotopic (exact) mass is 284 g/mol. The molecular weight excluding hydrogens is 275 g/mol. The summed E-state index contributed by atoms with van der Waals surface area (Å²) in [7, 11) is -4.08. The summed E-state index contributed by atoms with van der Waals surface area (Å²) in [6, 6.07) is 5.14. The fraction of sp³-hybridized carbons (Fsp3) is 0.0909. The van der Waals surface area contributed by atoms with Crippen LogP contribution in [0.4, 0.5) is 4.39 Å². The molecule has 0 unspecified atom stereocenters. The molecule has 0 atom stereocenters. The molecule has 1 aromatic carbocycles. The zero-order chi connectivity index (χ0) is 14.0. The molecule has 0 spiro atoms. The molecule has 0 saturated heterocycles. The first-order valence-electron chi connectivity index (χ1n) is 5.16. The van der Waals surface area contributed by atoms with Gasteiger partial charge in [0, 0.05) is 5.56 Å². The number of carbonyl (C=O) groups excluding carboxylic acids is 1. The third-order valence-corrected chi connectivity index (χ3v) is 3.22. The van der Waals surface area contributed by atoms with Crippen LogP contribution in [0.15, 0.2) is 40.4 Å². The molecule has 0 aromatic heterocycles. The van der Waals surface area contributed by atoms with E-state index >= 15 is 0 Å². The number of nitrogens with zero attached hydrogens (tertiary/aromatic N) is 1. The number of allylic oxidation sites excluding steroid dienone is 1. The molecule has 1 aliphatic rings. The lowest BCUT2D eigenvalue weighted by molar-refractivity contribution is -0.118. The van der Waals surface area contributed by atoms with Crippen LogP contribution in [0.5, 0.6) is 0 Å². The molecule has 0 bridgehead atoms. The number of carbonyl (C=O) groups is 1. The number of hydrogen-bond acceptors (Lipinski definition) is 4. The van der Waals surface area contributed by atoms with E-state index in [1.807, 2.05) is 4.72 Å². The number of ketones is 1. The molecule has 2 rings (SSSR count). The molecular formula is C11H9FN2O4S. The molecule has 1 heterocycles. The molecule has 100 valence electrons. The van der Waals surface area contributed by atoms with Crippen molar-refractivity contribution in [2.24, 2.45) is 4.40 Å². The van der Waals surface area contributed by atoms with Crippen molar-refractivity contribution in [3.63, 3.8) is 0 Å². The second-order valence-electron chi connectivity index (χ2n) is 3.70. The lowest BCUT2D eigenvalue weighted by atomic mass is 10.1. The van der Waals surface area contributed by atoms with Crippen LogP contribution >= 0.6 is 0 Å². The van der Waals surface area contributed by atoms with Crippen LogP contribution in [0.3, 0.4) is 0 Å². The van der Waals surface area contributed by atoms with E-state index < -0.39 is 28.4 Å². The minimum absolute atomic E-state index is 0.0740. The molecule has 0 aliphatic carbocycles. The fourth-order valence-electron chi connectivity index (χ4n) is 1.49. The summed E-state index contributed by atoms with van der Waals surface area (Å²) >= 11 is 0. The third-order valence-electron chi connectivity index (χ3n) is 2.30. The first kappa shape index (κ1) is 13.4. The Morgan fingerprint density at radius 3 is 2.79 bits per heavy atom. The lowest BCUT2D eigenvalue weighted by Crippen LogP contribution is -2.32. The number of aliphatic hydroxyl groups is 1. The molecule has 6 nitrogen and oxygen atoms in total. The second kappa shape index (κ2) is 4.90. The summed E-state index contributed by atoms with van der Waals surface area (Å²) in [4.78, 5) is 11.3. The van der Waals surface area contributed by atoms with Crippen molar-refractivity contribution in [2.45, 2.75) is 0 Å². The number of benzene rings is 1. The summed E-state index contributed by atoms with van der Waals surface area (Å²) in [5.41, 5.74) is -0.167. The third kappa shape index (κ3) is 3.04. The maximum Gasteiger partial charge on any atom is 0.342 e. The van der Waals surface area contributed by atoms with Crippen LogP contribution in [-0.4, -0.2) is 31.6 Å². The quantitative estimate of drug-likeness (QED) is 0.810. The van der Waals surface area contributed by atoms with Crippen LogP contribution in [0.2, 0.25) is 0 Å². The normalized spacial score (nSPS) is 17.2. The van der Waals surface area contributed by atoms with Gasteiger partial charge in [-0.1, -0.05) is 12.1 Å². The van der Waals surface area contributed by atoms with Crippen molar-refractivity contribution in [3.8, 4) is 0 Å². The van der Waals surface area contributed by atoms with Gasteiger partial charge in [-0.25, -0.2) is 4.39 Å². The Labute approximate surface area is 108 Å². The summed E-state index contributed by atoms with van der Waals surface area (Å²) in [6.07, 6.45) is 1.15. The van der Waals surface area contributed by atoms with Gasteiger partial charge in [-0.15, -0.1) is 4.40 Å². The Morgan fingerprint density at radius 2 is 2.16 bits per heavy atom. The highest BCUT2D eigenvalue weighted by Gasteiger charge is 2.22. The number of Topliss-reactive ketones (excluding diaryl/α,β-unsaturated/α-hetero) is 1. The van der Waals surface area contributed by atoms with Crippen molar-refractivity contribution in [1.29, 1.82) is 0 Å². The Hall–Kier alpha value is -2.06. The van der Waals surface area contributed by atoms with E-state index in [0.29, 0.717) is 0 Å². The van der Waals surface area contributed by atoms with Crippen LogP contribution in [0, 0.1) is 5.82 Å². The van der Waals surface area contributed by atoms with Crippen molar-refractivity contribution >= 4 is 21.7 Å². The smallest absolute Gasteiger partial charge is 0.342 e. The van der Waals surface area contributed by atoms with Gasteiger partial charge in [-0.05, 0) is 18.2 Å². The van der Waals surface area contributed by atoms with Gasteiger partial charge in [0.2, 0.25) is 5.78 Å². The summed E-state index contributed by atoms with van der Waals surface area (Å²) in [6.45, 7) is -0.842. The highest BCUT2D eigenvalue weighted by molar-refractivity contribution is 7.88. The Kier molecular flexibility index (Phi) is 3.45. The van der Waals surface area contributed by atoms with Crippen molar-refractivity contribution in [1.82, 2.24) is 4.72 Å². The van der Waals surface area contributed by atoms with Crippen LogP contribution < -0.4 is 4.72 Å². The number of nitrogens with one attached hydrogen (secondary N) is 1. The van der Waals surface area contributed by atoms with Crippen LogP contribution in [-0.2, 0) is 15.0 Å². The van der Waals surface area contributed by atoms with Crippen molar-refractivity contribution in [2.75, 3.05) is 6.61 Å². The van der Waals surface area contributed by atoms with Crippen LogP contribution in [0.1, 0.15) is 5.56 Å². The predicted octanol–water partition coefficient (Wildman–Crippen LogP) is -0.0919.